The van der Waals surface area contributed by atoms with E-state index in [-0.39, 0.29) is 23.5 Å². The summed E-state index contributed by atoms with van der Waals surface area (Å²) < 4.78 is 33.3. The van der Waals surface area contributed by atoms with Crippen molar-refractivity contribution in [2.75, 3.05) is 11.3 Å². The zero-order valence-corrected chi connectivity index (χ0v) is 16.7. The lowest BCUT2D eigenvalue weighted by molar-refractivity contribution is -0.135. The Morgan fingerprint density at radius 3 is 2.59 bits per heavy atom. The van der Waals surface area contributed by atoms with E-state index < -0.39 is 10.0 Å². The molecule has 1 atom stereocenters. The normalized spacial score (nSPS) is 15.5. The van der Waals surface area contributed by atoms with Gasteiger partial charge in [-0.25, -0.2) is 8.42 Å². The fourth-order valence-electron chi connectivity index (χ4n) is 2.85. The van der Waals surface area contributed by atoms with Crippen LogP contribution < -0.4 is 9.46 Å². The van der Waals surface area contributed by atoms with Gasteiger partial charge in [-0.15, -0.1) is 0 Å². The third-order valence-corrected chi connectivity index (χ3v) is 6.22. The molecule has 0 radical (unpaired) electrons. The molecule has 0 fully saturated rings. The predicted octanol–water partition coefficient (Wildman–Crippen LogP) is 3.66. The fraction of sp³-hybridized carbons (Fsp3) is 0.316. The van der Waals surface area contributed by atoms with Gasteiger partial charge < -0.3 is 9.64 Å². The van der Waals surface area contributed by atoms with Crippen LogP contribution in [0.5, 0.6) is 5.75 Å². The minimum absolute atomic E-state index is 0.0206. The van der Waals surface area contributed by atoms with Gasteiger partial charge in [-0.2, -0.15) is 0 Å². The van der Waals surface area contributed by atoms with Gasteiger partial charge >= 0.3 is 0 Å². The van der Waals surface area contributed by atoms with Gasteiger partial charge in [-0.1, -0.05) is 18.5 Å². The Hall–Kier alpha value is -2.25. The maximum atomic E-state index is 12.6. The lowest BCUT2D eigenvalue weighted by Crippen LogP contribution is -2.39. The molecule has 0 spiro atoms. The van der Waals surface area contributed by atoms with Crippen molar-refractivity contribution in [3.8, 4) is 5.75 Å². The van der Waals surface area contributed by atoms with Gasteiger partial charge in [-0.05, 0) is 55.8 Å². The van der Waals surface area contributed by atoms with Crippen LogP contribution in [0.2, 0.25) is 5.02 Å². The molecule has 1 N–H and O–H groups in total. The minimum atomic E-state index is -3.74. The van der Waals surface area contributed by atoms with E-state index in [0.717, 1.165) is 12.0 Å². The Labute approximate surface area is 164 Å². The van der Waals surface area contributed by atoms with Crippen LogP contribution in [0.15, 0.2) is 47.4 Å². The number of rotatable bonds is 5. The summed E-state index contributed by atoms with van der Waals surface area (Å²) >= 11 is 5.82. The molecule has 1 amide bonds. The largest absolute Gasteiger partial charge is 0.483 e. The number of amides is 1. The molecule has 0 saturated carbocycles. The maximum Gasteiger partial charge on any atom is 0.261 e. The molecule has 144 valence electrons. The molecular formula is C19H21ClN2O4S. The number of fused-ring (bicyclic) bond motifs is 1. The highest BCUT2D eigenvalue weighted by molar-refractivity contribution is 7.92. The van der Waals surface area contributed by atoms with Gasteiger partial charge in [0.05, 0.1) is 4.90 Å². The zero-order chi connectivity index (χ0) is 19.6. The van der Waals surface area contributed by atoms with Gasteiger partial charge in [0, 0.05) is 28.9 Å². The zero-order valence-electron chi connectivity index (χ0n) is 15.1. The number of carbonyl (C=O) groups excluding carboxylic acids is 1. The summed E-state index contributed by atoms with van der Waals surface area (Å²) in [5.74, 6) is 0.507. The van der Waals surface area contributed by atoms with E-state index in [1.807, 2.05) is 13.8 Å². The Kier molecular flexibility index (Phi) is 5.62. The highest BCUT2D eigenvalue weighted by atomic mass is 35.5. The second-order valence-corrected chi connectivity index (χ2v) is 8.57. The van der Waals surface area contributed by atoms with Crippen molar-refractivity contribution in [3.05, 3.63) is 53.1 Å². The van der Waals surface area contributed by atoms with Crippen molar-refractivity contribution >= 4 is 33.2 Å². The summed E-state index contributed by atoms with van der Waals surface area (Å²) in [6, 6.07) is 11.0. The smallest absolute Gasteiger partial charge is 0.261 e. The van der Waals surface area contributed by atoms with Gasteiger partial charge in [-0.3, -0.25) is 9.52 Å². The topological polar surface area (TPSA) is 75.7 Å². The standard InChI is InChI=1S/C19H21ClN2O4S/c1-3-13(2)22-11-14-10-16(6-9-18(14)26-12-19(22)23)21-27(24,25)17-7-4-15(20)5-8-17/h4-10,13,21H,3,11-12H2,1-2H3/t13-/m0/s1. The van der Waals surface area contributed by atoms with E-state index in [2.05, 4.69) is 4.72 Å². The monoisotopic (exact) mass is 408 g/mol. The van der Waals surface area contributed by atoms with Crippen LogP contribution in [-0.4, -0.2) is 31.9 Å². The second-order valence-electron chi connectivity index (χ2n) is 6.45. The van der Waals surface area contributed by atoms with Crippen LogP contribution in [0, 0.1) is 0 Å². The number of benzene rings is 2. The van der Waals surface area contributed by atoms with Crippen LogP contribution in [0.3, 0.4) is 0 Å². The molecule has 3 rings (SSSR count). The summed E-state index contributed by atoms with van der Waals surface area (Å²) in [5, 5.41) is 0.464. The van der Waals surface area contributed by atoms with Gasteiger partial charge in [0.2, 0.25) is 0 Å². The number of ether oxygens (including phenoxy) is 1. The quantitative estimate of drug-likeness (QED) is 0.819. The van der Waals surface area contributed by atoms with Crippen molar-refractivity contribution < 1.29 is 17.9 Å². The Bertz CT molecular complexity index is 945. The first-order chi connectivity index (χ1) is 12.8. The average molecular weight is 409 g/mol. The van der Waals surface area contributed by atoms with Crippen LogP contribution in [0.25, 0.3) is 0 Å². The van der Waals surface area contributed by atoms with E-state index >= 15 is 0 Å². The van der Waals surface area contributed by atoms with Gasteiger partial charge in [0.25, 0.3) is 15.9 Å². The number of carbonyl (C=O) groups is 1. The first-order valence-corrected chi connectivity index (χ1v) is 10.5. The summed E-state index contributed by atoms with van der Waals surface area (Å²) in [6.45, 7) is 4.35. The SMILES string of the molecule is CC[C@H](C)N1Cc2cc(NS(=O)(=O)c3ccc(Cl)cc3)ccc2OCC1=O. The molecule has 2 aromatic carbocycles. The molecular weight excluding hydrogens is 388 g/mol. The Balaban J connectivity index is 1.87. The Morgan fingerprint density at radius 2 is 1.93 bits per heavy atom. The highest BCUT2D eigenvalue weighted by Crippen LogP contribution is 2.29. The van der Waals surface area contributed by atoms with Crippen molar-refractivity contribution in [2.45, 2.75) is 37.8 Å². The number of halogens is 1. The molecule has 1 aliphatic rings. The number of anilines is 1. The van der Waals surface area contributed by atoms with Crippen LogP contribution in [-0.2, 0) is 21.4 Å². The molecule has 1 aliphatic heterocycles. The van der Waals surface area contributed by atoms with Crippen molar-refractivity contribution in [2.24, 2.45) is 0 Å². The van der Waals surface area contributed by atoms with Gasteiger partial charge in [0.15, 0.2) is 6.61 Å². The van der Waals surface area contributed by atoms with Gasteiger partial charge in [0.1, 0.15) is 5.75 Å². The number of hydrogen-bond acceptors (Lipinski definition) is 4. The first-order valence-electron chi connectivity index (χ1n) is 8.63. The van der Waals surface area contributed by atoms with Crippen molar-refractivity contribution in [3.63, 3.8) is 0 Å². The fourth-order valence-corrected chi connectivity index (χ4v) is 4.03. The molecule has 27 heavy (non-hydrogen) atoms. The van der Waals surface area contributed by atoms with E-state index in [1.54, 1.807) is 23.1 Å². The lowest BCUT2D eigenvalue weighted by atomic mass is 10.1. The maximum absolute atomic E-state index is 12.6. The average Bonchev–Trinajstić information content (AvgIpc) is 2.80. The van der Waals surface area contributed by atoms with Crippen LogP contribution in [0.1, 0.15) is 25.8 Å². The van der Waals surface area contributed by atoms with E-state index in [9.17, 15) is 13.2 Å². The van der Waals surface area contributed by atoms with Crippen LogP contribution in [0.4, 0.5) is 5.69 Å². The predicted molar refractivity (Wildman–Crippen MR) is 105 cm³/mol. The van der Waals surface area contributed by atoms with Crippen LogP contribution >= 0.6 is 11.6 Å². The molecule has 0 aliphatic carbocycles. The summed E-state index contributed by atoms with van der Waals surface area (Å²) in [7, 11) is -3.74. The first kappa shape index (κ1) is 19.5. The number of sulfonamides is 1. The summed E-state index contributed by atoms with van der Waals surface area (Å²) in [6.07, 6.45) is 0.823. The number of nitrogens with zero attached hydrogens (tertiary/aromatic N) is 1. The van der Waals surface area contributed by atoms with Crippen molar-refractivity contribution in [1.82, 2.24) is 4.90 Å². The molecule has 0 aromatic heterocycles. The van der Waals surface area contributed by atoms with E-state index in [0.29, 0.717) is 23.0 Å². The molecule has 1 heterocycles. The Morgan fingerprint density at radius 1 is 1.22 bits per heavy atom. The third-order valence-electron chi connectivity index (χ3n) is 4.57. The molecule has 6 nitrogen and oxygen atoms in total. The molecule has 2 aromatic rings. The van der Waals surface area contributed by atoms with E-state index in [4.69, 9.17) is 16.3 Å². The molecule has 0 unspecified atom stereocenters. The minimum Gasteiger partial charge on any atom is -0.483 e. The summed E-state index contributed by atoms with van der Waals surface area (Å²) in [5.41, 5.74) is 1.17. The van der Waals surface area contributed by atoms with E-state index in [1.165, 1.54) is 24.3 Å². The number of hydrogen-bond donors (Lipinski definition) is 1. The number of nitrogens with one attached hydrogen (secondary N) is 1. The summed E-state index contributed by atoms with van der Waals surface area (Å²) in [4.78, 5) is 14.2. The highest BCUT2D eigenvalue weighted by Gasteiger charge is 2.25. The molecule has 0 saturated heterocycles. The van der Waals surface area contributed by atoms with Crippen molar-refractivity contribution in [1.29, 1.82) is 0 Å². The third kappa shape index (κ3) is 4.36. The second kappa shape index (κ2) is 7.78. The lowest BCUT2D eigenvalue weighted by Gasteiger charge is -2.26. The molecule has 8 heteroatoms. The molecule has 0 bridgehead atoms.